The first-order valence-corrected chi connectivity index (χ1v) is 4.77. The number of hydrogen-bond acceptors (Lipinski definition) is 3. The van der Waals surface area contributed by atoms with Crippen LogP contribution in [-0.2, 0) is 11.3 Å². The number of likely N-dealkylation sites (N-methyl/N-ethyl adjacent to an activating group) is 1. The van der Waals surface area contributed by atoms with Crippen LogP contribution in [0.1, 0.15) is 5.69 Å². The molecule has 1 N–H and O–H groups in total. The number of nitrogens with zero attached hydrogens (tertiary/aromatic N) is 2. The Hall–Kier alpha value is -1.17. The molecule has 1 aromatic rings. The fourth-order valence-electron chi connectivity index (χ4n) is 0.893. The molecule has 0 bridgehead atoms. The van der Waals surface area contributed by atoms with Crippen LogP contribution in [0.4, 0.5) is 0 Å². The molecule has 1 amide bonds. The molecule has 0 saturated heterocycles. The van der Waals surface area contributed by atoms with Crippen LogP contribution in [0, 0.1) is 6.92 Å². The van der Waals surface area contributed by atoms with Gasteiger partial charge in [-0.3, -0.25) is 14.2 Å². The normalized spacial score (nSPS) is 9.93. The topological polar surface area (TPSA) is 64.0 Å². The highest BCUT2D eigenvalue weighted by molar-refractivity contribution is 9.10. The molecule has 5 nitrogen and oxygen atoms in total. The van der Waals surface area contributed by atoms with Crippen molar-refractivity contribution in [3.63, 3.8) is 0 Å². The second-order valence-corrected chi connectivity index (χ2v) is 3.54. The van der Waals surface area contributed by atoms with Crippen molar-refractivity contribution in [2.24, 2.45) is 0 Å². The van der Waals surface area contributed by atoms with Gasteiger partial charge in [-0.2, -0.15) is 0 Å². The van der Waals surface area contributed by atoms with Crippen molar-refractivity contribution in [1.82, 2.24) is 14.9 Å². The summed E-state index contributed by atoms with van der Waals surface area (Å²) in [5.74, 6) is -0.232. The Balaban J connectivity index is 3.06. The van der Waals surface area contributed by atoms with E-state index in [4.69, 9.17) is 0 Å². The molecule has 0 spiro atoms. The van der Waals surface area contributed by atoms with Gasteiger partial charge >= 0.3 is 0 Å². The monoisotopic (exact) mass is 259 g/mol. The van der Waals surface area contributed by atoms with Crippen LogP contribution in [0.2, 0.25) is 0 Å². The van der Waals surface area contributed by atoms with Crippen molar-refractivity contribution in [3.8, 4) is 0 Å². The second-order valence-electron chi connectivity index (χ2n) is 2.75. The van der Waals surface area contributed by atoms with E-state index in [2.05, 4.69) is 26.2 Å². The minimum absolute atomic E-state index is 0.0127. The van der Waals surface area contributed by atoms with E-state index < -0.39 is 0 Å². The van der Waals surface area contributed by atoms with Crippen molar-refractivity contribution < 1.29 is 4.79 Å². The Morgan fingerprint density at radius 2 is 2.36 bits per heavy atom. The molecular weight excluding hydrogens is 250 g/mol. The summed E-state index contributed by atoms with van der Waals surface area (Å²) in [5.41, 5.74) is 0.365. The predicted octanol–water partition coefficient (Wildman–Crippen LogP) is 0.0602. The van der Waals surface area contributed by atoms with Gasteiger partial charge in [-0.1, -0.05) is 0 Å². The van der Waals surface area contributed by atoms with Gasteiger partial charge in [-0.25, -0.2) is 4.98 Å². The lowest BCUT2D eigenvalue weighted by atomic mass is 10.4. The van der Waals surface area contributed by atoms with Gasteiger partial charge in [0.1, 0.15) is 11.0 Å². The van der Waals surface area contributed by atoms with Crippen LogP contribution >= 0.6 is 15.9 Å². The quantitative estimate of drug-likeness (QED) is 0.817. The first-order chi connectivity index (χ1) is 6.56. The predicted molar refractivity (Wildman–Crippen MR) is 55.0 cm³/mol. The molecule has 0 aliphatic carbocycles. The summed E-state index contributed by atoms with van der Waals surface area (Å²) in [7, 11) is 1.52. The number of nitrogens with one attached hydrogen (secondary N) is 1. The number of carbonyl (C=O) groups is 1. The van der Waals surface area contributed by atoms with Gasteiger partial charge in [0.15, 0.2) is 0 Å². The maximum Gasteiger partial charge on any atom is 0.268 e. The highest BCUT2D eigenvalue weighted by Gasteiger charge is 2.07. The number of rotatable bonds is 2. The molecule has 0 atom stereocenters. The van der Waals surface area contributed by atoms with Crippen LogP contribution < -0.4 is 10.9 Å². The fourth-order valence-corrected chi connectivity index (χ4v) is 1.22. The van der Waals surface area contributed by atoms with E-state index in [0.717, 1.165) is 0 Å². The van der Waals surface area contributed by atoms with Gasteiger partial charge in [-0.05, 0) is 22.9 Å². The molecule has 0 radical (unpaired) electrons. The average Bonchev–Trinajstić information content (AvgIpc) is 2.19. The molecule has 14 heavy (non-hydrogen) atoms. The zero-order valence-corrected chi connectivity index (χ0v) is 9.46. The van der Waals surface area contributed by atoms with Crippen molar-refractivity contribution in [3.05, 3.63) is 26.8 Å². The van der Waals surface area contributed by atoms with Crippen LogP contribution in [0.15, 0.2) is 15.6 Å². The van der Waals surface area contributed by atoms with Gasteiger partial charge in [-0.15, -0.1) is 0 Å². The molecule has 0 aliphatic rings. The molecule has 0 fully saturated rings. The smallest absolute Gasteiger partial charge is 0.268 e. The number of aryl methyl sites for hydroxylation is 1. The van der Waals surface area contributed by atoms with Crippen molar-refractivity contribution in [1.29, 1.82) is 0 Å². The Kier molecular flexibility index (Phi) is 3.40. The third kappa shape index (κ3) is 2.20. The molecule has 76 valence electrons. The third-order valence-corrected chi connectivity index (χ3v) is 2.66. The number of halogens is 1. The number of hydrogen-bond donors (Lipinski definition) is 1. The number of amides is 1. The van der Waals surface area contributed by atoms with Crippen molar-refractivity contribution >= 4 is 21.8 Å². The molecule has 0 aromatic carbocycles. The Labute approximate surface area is 89.3 Å². The summed E-state index contributed by atoms with van der Waals surface area (Å²) in [6.45, 7) is 1.71. The molecule has 0 unspecified atom stereocenters. The molecule has 0 aliphatic heterocycles. The molecule has 1 rings (SSSR count). The third-order valence-electron chi connectivity index (χ3n) is 1.75. The van der Waals surface area contributed by atoms with Crippen LogP contribution in [-0.4, -0.2) is 22.5 Å². The summed E-state index contributed by atoms with van der Waals surface area (Å²) in [5, 5.41) is 2.43. The average molecular weight is 260 g/mol. The van der Waals surface area contributed by atoms with E-state index in [0.29, 0.717) is 10.2 Å². The van der Waals surface area contributed by atoms with Gasteiger partial charge < -0.3 is 5.32 Å². The van der Waals surface area contributed by atoms with E-state index in [1.807, 2.05) is 0 Å². The minimum atomic E-state index is -0.249. The maximum atomic E-state index is 11.5. The highest BCUT2D eigenvalue weighted by atomic mass is 79.9. The van der Waals surface area contributed by atoms with E-state index >= 15 is 0 Å². The molecule has 1 heterocycles. The highest BCUT2D eigenvalue weighted by Crippen LogP contribution is 2.05. The van der Waals surface area contributed by atoms with Gasteiger partial charge in [0, 0.05) is 7.05 Å². The lowest BCUT2D eigenvalue weighted by Gasteiger charge is -2.05. The summed E-state index contributed by atoms with van der Waals surface area (Å²) >= 11 is 3.11. The maximum absolute atomic E-state index is 11.5. The molecule has 6 heteroatoms. The van der Waals surface area contributed by atoms with E-state index in [9.17, 15) is 9.59 Å². The molecule has 1 aromatic heterocycles. The van der Waals surface area contributed by atoms with Crippen LogP contribution in [0.5, 0.6) is 0 Å². The zero-order chi connectivity index (χ0) is 10.7. The number of carbonyl (C=O) groups excluding carboxylic acids is 1. The standard InChI is InChI=1S/C8H10BrN3O2/c1-5-7(9)8(14)12(4-11-5)3-6(13)10-2/h4H,3H2,1-2H3,(H,10,13). The van der Waals surface area contributed by atoms with Crippen LogP contribution in [0.3, 0.4) is 0 Å². The summed E-state index contributed by atoms with van der Waals surface area (Å²) in [6, 6.07) is 0. The SMILES string of the molecule is CNC(=O)Cn1cnc(C)c(Br)c1=O. The summed E-state index contributed by atoms with van der Waals surface area (Å²) in [6.07, 6.45) is 1.36. The van der Waals surface area contributed by atoms with Crippen LogP contribution in [0.25, 0.3) is 0 Å². The lowest BCUT2D eigenvalue weighted by molar-refractivity contribution is -0.121. The Bertz CT molecular complexity index is 414. The summed E-state index contributed by atoms with van der Waals surface area (Å²) < 4.78 is 1.64. The van der Waals surface area contributed by atoms with Crippen molar-refractivity contribution in [2.75, 3.05) is 7.05 Å². The largest absolute Gasteiger partial charge is 0.358 e. The minimum Gasteiger partial charge on any atom is -0.358 e. The molecular formula is C8H10BrN3O2. The van der Waals surface area contributed by atoms with Gasteiger partial charge in [0.25, 0.3) is 5.56 Å². The van der Waals surface area contributed by atoms with E-state index in [1.54, 1.807) is 6.92 Å². The first-order valence-electron chi connectivity index (χ1n) is 3.98. The van der Waals surface area contributed by atoms with Gasteiger partial charge in [0.05, 0.1) is 12.0 Å². The summed E-state index contributed by atoms with van der Waals surface area (Å²) in [4.78, 5) is 26.5. The van der Waals surface area contributed by atoms with E-state index in [-0.39, 0.29) is 18.0 Å². The lowest BCUT2D eigenvalue weighted by Crippen LogP contribution is -2.30. The van der Waals surface area contributed by atoms with Gasteiger partial charge in [0.2, 0.25) is 5.91 Å². The Morgan fingerprint density at radius 3 is 2.93 bits per heavy atom. The molecule has 0 saturated carbocycles. The second kappa shape index (κ2) is 4.36. The Morgan fingerprint density at radius 1 is 1.71 bits per heavy atom. The zero-order valence-electron chi connectivity index (χ0n) is 7.87. The number of aromatic nitrogens is 2. The first kappa shape index (κ1) is 10.9. The van der Waals surface area contributed by atoms with E-state index in [1.165, 1.54) is 17.9 Å². The fraction of sp³-hybridized carbons (Fsp3) is 0.375. The van der Waals surface area contributed by atoms with Crippen molar-refractivity contribution in [2.45, 2.75) is 13.5 Å².